The fourth-order valence-electron chi connectivity index (χ4n) is 2.78. The molecule has 3 nitrogen and oxygen atoms in total. The third kappa shape index (κ3) is 4.30. The molecule has 0 atom stereocenters. The number of fused-ring (bicyclic) bond motifs is 1. The van der Waals surface area contributed by atoms with Gasteiger partial charge in [-0.3, -0.25) is 0 Å². The maximum absolute atomic E-state index is 5.18. The number of rotatable bonds is 7. The Labute approximate surface area is 123 Å². The van der Waals surface area contributed by atoms with Crippen LogP contribution in [0.25, 0.3) is 0 Å². The third-order valence-corrected chi connectivity index (χ3v) is 4.14. The average Bonchev–Trinajstić information content (AvgIpc) is 2.45. The largest absolute Gasteiger partial charge is 0.385 e. The molecule has 0 fully saturated rings. The second-order valence-electron chi connectivity index (χ2n) is 6.49. The van der Waals surface area contributed by atoms with Crippen LogP contribution in [0.4, 0.5) is 0 Å². The van der Waals surface area contributed by atoms with Crippen molar-refractivity contribution >= 4 is 0 Å². The Morgan fingerprint density at radius 1 is 1.35 bits per heavy atom. The summed E-state index contributed by atoms with van der Waals surface area (Å²) in [6.07, 6.45) is 2.24. The lowest BCUT2D eigenvalue weighted by Gasteiger charge is -2.26. The van der Waals surface area contributed by atoms with Gasteiger partial charge in [-0.25, -0.2) is 0 Å². The molecule has 0 radical (unpaired) electrons. The molecule has 0 saturated carbocycles. The van der Waals surface area contributed by atoms with E-state index in [9.17, 15) is 0 Å². The van der Waals surface area contributed by atoms with E-state index in [0.717, 1.165) is 45.6 Å². The van der Waals surface area contributed by atoms with Crippen LogP contribution in [0.3, 0.4) is 0 Å². The van der Waals surface area contributed by atoms with E-state index in [0.29, 0.717) is 0 Å². The molecule has 2 N–H and O–H groups in total. The van der Waals surface area contributed by atoms with Gasteiger partial charge in [0.15, 0.2) is 0 Å². The highest BCUT2D eigenvalue weighted by molar-refractivity contribution is 5.36. The zero-order chi connectivity index (χ0) is 14.4. The van der Waals surface area contributed by atoms with Crippen molar-refractivity contribution in [3.8, 4) is 0 Å². The molecule has 0 amide bonds. The van der Waals surface area contributed by atoms with Gasteiger partial charge in [-0.05, 0) is 41.5 Å². The SMILES string of the molecule is COCCC(C)(C)CNCc1cccc2c1CCNC2. The molecule has 2 rings (SSSR count). The molecule has 0 bridgehead atoms. The Balaban J connectivity index is 1.88. The van der Waals surface area contributed by atoms with Gasteiger partial charge in [0.25, 0.3) is 0 Å². The first-order valence-corrected chi connectivity index (χ1v) is 7.62. The van der Waals surface area contributed by atoms with Crippen molar-refractivity contribution in [3.63, 3.8) is 0 Å². The van der Waals surface area contributed by atoms with Crippen LogP contribution in [-0.4, -0.2) is 26.8 Å². The first-order valence-electron chi connectivity index (χ1n) is 7.62. The van der Waals surface area contributed by atoms with Crippen LogP contribution in [0.15, 0.2) is 18.2 Å². The van der Waals surface area contributed by atoms with Gasteiger partial charge in [-0.2, -0.15) is 0 Å². The number of benzene rings is 1. The van der Waals surface area contributed by atoms with E-state index >= 15 is 0 Å². The van der Waals surface area contributed by atoms with Crippen molar-refractivity contribution in [3.05, 3.63) is 34.9 Å². The Morgan fingerprint density at radius 2 is 2.20 bits per heavy atom. The summed E-state index contributed by atoms with van der Waals surface area (Å²) in [4.78, 5) is 0. The zero-order valence-corrected chi connectivity index (χ0v) is 13.1. The molecular formula is C17H28N2O. The molecule has 0 aliphatic carbocycles. The van der Waals surface area contributed by atoms with E-state index < -0.39 is 0 Å². The van der Waals surface area contributed by atoms with Crippen LogP contribution in [0.1, 0.15) is 37.0 Å². The normalized spacial score (nSPS) is 15.2. The molecule has 0 spiro atoms. The maximum atomic E-state index is 5.18. The predicted octanol–water partition coefficient (Wildman–Crippen LogP) is 2.48. The molecule has 0 aromatic heterocycles. The van der Waals surface area contributed by atoms with Crippen molar-refractivity contribution in [1.82, 2.24) is 10.6 Å². The number of nitrogens with one attached hydrogen (secondary N) is 2. The topological polar surface area (TPSA) is 33.3 Å². The van der Waals surface area contributed by atoms with E-state index in [-0.39, 0.29) is 5.41 Å². The Kier molecular flexibility index (Phi) is 5.58. The van der Waals surface area contributed by atoms with Crippen LogP contribution in [0.5, 0.6) is 0 Å². The Morgan fingerprint density at radius 3 is 3.00 bits per heavy atom. The molecule has 1 aliphatic rings. The van der Waals surface area contributed by atoms with E-state index in [4.69, 9.17) is 4.74 Å². The first-order chi connectivity index (χ1) is 9.62. The minimum Gasteiger partial charge on any atom is -0.385 e. The second kappa shape index (κ2) is 7.21. The van der Waals surface area contributed by atoms with Crippen LogP contribution in [0, 0.1) is 5.41 Å². The number of hydrogen-bond acceptors (Lipinski definition) is 3. The summed E-state index contributed by atoms with van der Waals surface area (Å²) in [7, 11) is 1.77. The molecule has 1 aliphatic heterocycles. The van der Waals surface area contributed by atoms with E-state index in [2.05, 4.69) is 42.7 Å². The number of hydrogen-bond donors (Lipinski definition) is 2. The summed E-state index contributed by atoms with van der Waals surface area (Å²) in [5.74, 6) is 0. The molecule has 1 aromatic rings. The molecule has 1 aromatic carbocycles. The molecular weight excluding hydrogens is 248 g/mol. The monoisotopic (exact) mass is 276 g/mol. The minimum absolute atomic E-state index is 0.284. The number of ether oxygens (including phenoxy) is 1. The van der Waals surface area contributed by atoms with E-state index in [1.165, 1.54) is 11.1 Å². The van der Waals surface area contributed by atoms with Gasteiger partial charge < -0.3 is 15.4 Å². The zero-order valence-electron chi connectivity index (χ0n) is 13.1. The van der Waals surface area contributed by atoms with Crippen LogP contribution < -0.4 is 10.6 Å². The quantitative estimate of drug-likeness (QED) is 0.803. The molecule has 0 unspecified atom stereocenters. The third-order valence-electron chi connectivity index (χ3n) is 4.14. The lowest BCUT2D eigenvalue weighted by molar-refractivity contribution is 0.150. The highest BCUT2D eigenvalue weighted by atomic mass is 16.5. The summed E-state index contributed by atoms with van der Waals surface area (Å²) in [6.45, 7) is 9.54. The Hall–Kier alpha value is -0.900. The smallest absolute Gasteiger partial charge is 0.0467 e. The molecule has 0 saturated heterocycles. The van der Waals surface area contributed by atoms with E-state index in [1.807, 2.05) is 0 Å². The highest BCUT2D eigenvalue weighted by Gasteiger charge is 2.17. The van der Waals surface area contributed by atoms with Gasteiger partial charge in [0.2, 0.25) is 0 Å². The van der Waals surface area contributed by atoms with Crippen LogP contribution in [-0.2, 0) is 24.2 Å². The van der Waals surface area contributed by atoms with Crippen molar-refractivity contribution in [1.29, 1.82) is 0 Å². The molecule has 20 heavy (non-hydrogen) atoms. The van der Waals surface area contributed by atoms with Gasteiger partial charge in [0, 0.05) is 33.4 Å². The van der Waals surface area contributed by atoms with Gasteiger partial charge in [0.05, 0.1) is 0 Å². The van der Waals surface area contributed by atoms with Crippen molar-refractivity contribution < 1.29 is 4.74 Å². The van der Waals surface area contributed by atoms with Crippen LogP contribution in [0.2, 0.25) is 0 Å². The fourth-order valence-corrected chi connectivity index (χ4v) is 2.78. The lowest BCUT2D eigenvalue weighted by atomic mass is 9.89. The average molecular weight is 276 g/mol. The van der Waals surface area contributed by atoms with Crippen LogP contribution >= 0.6 is 0 Å². The first kappa shape index (κ1) is 15.5. The van der Waals surface area contributed by atoms with Crippen molar-refractivity contribution in [2.45, 2.75) is 39.8 Å². The van der Waals surface area contributed by atoms with Gasteiger partial charge in [-0.1, -0.05) is 32.0 Å². The van der Waals surface area contributed by atoms with Gasteiger partial charge in [-0.15, -0.1) is 0 Å². The summed E-state index contributed by atoms with van der Waals surface area (Å²) in [6, 6.07) is 6.69. The molecule has 3 heteroatoms. The second-order valence-corrected chi connectivity index (χ2v) is 6.49. The summed E-state index contributed by atoms with van der Waals surface area (Å²) in [5, 5.41) is 7.06. The van der Waals surface area contributed by atoms with Gasteiger partial charge in [0.1, 0.15) is 0 Å². The summed E-state index contributed by atoms with van der Waals surface area (Å²) < 4.78 is 5.18. The standard InChI is InChI=1S/C17H28N2O/c1-17(2,8-10-20-3)13-19-12-15-6-4-5-14-11-18-9-7-16(14)15/h4-6,18-19H,7-13H2,1-3H3. The van der Waals surface area contributed by atoms with Crippen molar-refractivity contribution in [2.75, 3.05) is 26.8 Å². The molecule has 112 valence electrons. The predicted molar refractivity (Wildman–Crippen MR) is 83.8 cm³/mol. The number of methoxy groups -OCH3 is 1. The fraction of sp³-hybridized carbons (Fsp3) is 0.647. The maximum Gasteiger partial charge on any atom is 0.0467 e. The highest BCUT2D eigenvalue weighted by Crippen LogP contribution is 2.21. The van der Waals surface area contributed by atoms with Gasteiger partial charge >= 0.3 is 0 Å². The molecule has 1 heterocycles. The summed E-state index contributed by atoms with van der Waals surface area (Å²) >= 11 is 0. The lowest BCUT2D eigenvalue weighted by Crippen LogP contribution is -2.31. The van der Waals surface area contributed by atoms with Crippen molar-refractivity contribution in [2.24, 2.45) is 5.41 Å². The minimum atomic E-state index is 0.284. The Bertz CT molecular complexity index is 429. The van der Waals surface area contributed by atoms with E-state index in [1.54, 1.807) is 12.7 Å². The summed E-state index contributed by atoms with van der Waals surface area (Å²) in [5.41, 5.74) is 4.76.